The average Bonchev–Trinajstić information content (AvgIpc) is 3.19. The summed E-state index contributed by atoms with van der Waals surface area (Å²) in [5.74, 6) is 0.261. The highest BCUT2D eigenvalue weighted by atomic mass is 19.4. The minimum Gasteiger partial charge on any atom is -0.494 e. The molecular weight excluding hydrogens is 511 g/mol. The highest BCUT2D eigenvalue weighted by Crippen LogP contribution is 2.37. The number of fused-ring (bicyclic) bond motifs is 1. The van der Waals surface area contributed by atoms with E-state index in [-0.39, 0.29) is 34.5 Å². The van der Waals surface area contributed by atoms with E-state index < -0.39 is 17.9 Å². The van der Waals surface area contributed by atoms with Crippen LogP contribution in [0.3, 0.4) is 0 Å². The third-order valence-corrected chi connectivity index (χ3v) is 7.77. The molecular formula is C28H34F3N5O3. The van der Waals surface area contributed by atoms with Gasteiger partial charge in [0.2, 0.25) is 5.89 Å². The number of nitrogens with zero attached hydrogens (tertiary/aromatic N) is 4. The first kappa shape index (κ1) is 27.4. The van der Waals surface area contributed by atoms with Crippen molar-refractivity contribution in [1.29, 1.82) is 0 Å². The zero-order valence-electron chi connectivity index (χ0n) is 22.3. The third-order valence-electron chi connectivity index (χ3n) is 7.77. The van der Waals surface area contributed by atoms with Gasteiger partial charge >= 0.3 is 6.18 Å². The van der Waals surface area contributed by atoms with Gasteiger partial charge < -0.3 is 19.8 Å². The molecule has 0 radical (unpaired) electrons. The molecule has 210 valence electrons. The SMILES string of the molecule is COc1ccc(-c2nc(C(=O)N3CCN(C4CCCCCC4)CC3)c([C@H](C)N)o2)c2ccc(C(F)(F)F)nc12. The molecule has 1 saturated carbocycles. The van der Waals surface area contributed by atoms with Crippen molar-refractivity contribution in [3.63, 3.8) is 0 Å². The summed E-state index contributed by atoms with van der Waals surface area (Å²) in [6, 6.07) is 5.32. The summed E-state index contributed by atoms with van der Waals surface area (Å²) in [4.78, 5) is 26.2. The number of hydrogen-bond acceptors (Lipinski definition) is 7. The van der Waals surface area contributed by atoms with Gasteiger partial charge in [0.05, 0.1) is 13.2 Å². The molecule has 11 heteroatoms. The van der Waals surface area contributed by atoms with Crippen molar-refractivity contribution in [1.82, 2.24) is 19.8 Å². The van der Waals surface area contributed by atoms with Gasteiger partial charge in [-0.3, -0.25) is 9.69 Å². The Morgan fingerprint density at radius 2 is 1.74 bits per heavy atom. The van der Waals surface area contributed by atoms with E-state index in [1.807, 2.05) is 0 Å². The van der Waals surface area contributed by atoms with E-state index in [0.717, 1.165) is 19.2 Å². The van der Waals surface area contributed by atoms with Crippen LogP contribution >= 0.6 is 0 Å². The lowest BCUT2D eigenvalue weighted by molar-refractivity contribution is -0.140. The Bertz CT molecular complexity index is 1320. The molecule has 1 aliphatic heterocycles. The zero-order valence-corrected chi connectivity index (χ0v) is 22.3. The van der Waals surface area contributed by atoms with Crippen LogP contribution in [0.5, 0.6) is 5.75 Å². The van der Waals surface area contributed by atoms with Gasteiger partial charge in [0.15, 0.2) is 11.5 Å². The van der Waals surface area contributed by atoms with Gasteiger partial charge in [-0.25, -0.2) is 9.97 Å². The second kappa shape index (κ2) is 11.1. The number of hydrogen-bond donors (Lipinski definition) is 1. The van der Waals surface area contributed by atoms with Crippen LogP contribution in [0, 0.1) is 0 Å². The van der Waals surface area contributed by atoms with Crippen molar-refractivity contribution < 1.29 is 27.1 Å². The van der Waals surface area contributed by atoms with Crippen LogP contribution in [0.1, 0.15) is 73.4 Å². The summed E-state index contributed by atoms with van der Waals surface area (Å²) in [5, 5.41) is 0.357. The van der Waals surface area contributed by atoms with Gasteiger partial charge in [0.25, 0.3) is 5.91 Å². The molecule has 2 fully saturated rings. The van der Waals surface area contributed by atoms with Gasteiger partial charge in [-0.15, -0.1) is 0 Å². The van der Waals surface area contributed by atoms with Crippen LogP contribution < -0.4 is 10.5 Å². The van der Waals surface area contributed by atoms with E-state index in [9.17, 15) is 18.0 Å². The van der Waals surface area contributed by atoms with Crippen molar-refractivity contribution in [3.05, 3.63) is 41.4 Å². The summed E-state index contributed by atoms with van der Waals surface area (Å²) < 4.78 is 51.3. The molecule has 1 amide bonds. The number of methoxy groups -OCH3 is 1. The fourth-order valence-electron chi connectivity index (χ4n) is 5.67. The molecule has 5 rings (SSSR count). The maximum atomic E-state index is 13.6. The summed E-state index contributed by atoms with van der Waals surface area (Å²) in [6.07, 6.45) is 2.93. The molecule has 2 aliphatic rings. The Kier molecular flexibility index (Phi) is 7.82. The molecule has 2 aromatic heterocycles. The molecule has 2 N–H and O–H groups in total. The lowest BCUT2D eigenvalue weighted by atomic mass is 10.1. The molecule has 1 aliphatic carbocycles. The topological polar surface area (TPSA) is 97.7 Å². The number of halogens is 3. The summed E-state index contributed by atoms with van der Waals surface area (Å²) in [6.45, 7) is 4.50. The number of rotatable bonds is 5. The van der Waals surface area contributed by atoms with E-state index in [1.54, 1.807) is 17.9 Å². The standard InChI is InChI=1S/C28H34F3N5O3/c1-17(32)25-24(27(37)36-15-13-35(14-16-36)18-7-5-3-4-6-8-18)34-26(39-25)20-9-11-21(38-2)23-19(20)10-12-22(33-23)28(29,30)31/h9-12,17-18H,3-8,13-16,32H2,1-2H3/t17-/m0/s1. The highest BCUT2D eigenvalue weighted by Gasteiger charge is 2.34. The number of carbonyl (C=O) groups is 1. The number of oxazole rings is 1. The predicted molar refractivity (Wildman–Crippen MR) is 140 cm³/mol. The fourth-order valence-corrected chi connectivity index (χ4v) is 5.67. The van der Waals surface area contributed by atoms with E-state index in [4.69, 9.17) is 14.9 Å². The van der Waals surface area contributed by atoms with Crippen molar-refractivity contribution in [2.45, 2.75) is 63.7 Å². The number of alkyl halides is 3. The average molecular weight is 546 g/mol. The lowest BCUT2D eigenvalue weighted by Crippen LogP contribution is -2.52. The smallest absolute Gasteiger partial charge is 0.433 e. The Hall–Kier alpha value is -3.18. The van der Waals surface area contributed by atoms with E-state index in [0.29, 0.717) is 30.1 Å². The summed E-state index contributed by atoms with van der Waals surface area (Å²) in [7, 11) is 1.36. The molecule has 1 saturated heterocycles. The number of ether oxygens (including phenoxy) is 1. The largest absolute Gasteiger partial charge is 0.494 e. The second-order valence-electron chi connectivity index (χ2n) is 10.4. The number of benzene rings is 1. The predicted octanol–water partition coefficient (Wildman–Crippen LogP) is 5.42. The monoisotopic (exact) mass is 545 g/mol. The summed E-state index contributed by atoms with van der Waals surface area (Å²) in [5.41, 5.74) is 5.68. The Morgan fingerprint density at radius 3 is 2.36 bits per heavy atom. The number of amides is 1. The molecule has 0 spiro atoms. The number of aromatic nitrogens is 2. The minimum atomic E-state index is -4.61. The first-order chi connectivity index (χ1) is 18.7. The summed E-state index contributed by atoms with van der Waals surface area (Å²) >= 11 is 0. The van der Waals surface area contributed by atoms with Gasteiger partial charge in [0.1, 0.15) is 17.0 Å². The lowest BCUT2D eigenvalue weighted by Gasteiger charge is -2.39. The Labute approximate surface area is 225 Å². The van der Waals surface area contributed by atoms with Crippen LogP contribution in [0.2, 0.25) is 0 Å². The fraction of sp³-hybridized carbons (Fsp3) is 0.536. The van der Waals surface area contributed by atoms with Crippen molar-refractivity contribution in [3.8, 4) is 17.2 Å². The van der Waals surface area contributed by atoms with Crippen LogP contribution in [0.25, 0.3) is 22.4 Å². The second-order valence-corrected chi connectivity index (χ2v) is 10.4. The number of piperazine rings is 1. The molecule has 1 atom stereocenters. The maximum absolute atomic E-state index is 13.6. The van der Waals surface area contributed by atoms with Crippen molar-refractivity contribution in [2.75, 3.05) is 33.3 Å². The van der Waals surface area contributed by atoms with Gasteiger partial charge in [-0.1, -0.05) is 25.7 Å². The molecule has 3 aromatic rings. The Balaban J connectivity index is 1.43. The number of nitrogens with two attached hydrogens (primary N) is 1. The quantitative estimate of drug-likeness (QED) is 0.428. The maximum Gasteiger partial charge on any atom is 0.433 e. The van der Waals surface area contributed by atoms with Gasteiger partial charge in [-0.2, -0.15) is 13.2 Å². The third kappa shape index (κ3) is 5.60. The van der Waals surface area contributed by atoms with E-state index in [1.165, 1.54) is 57.8 Å². The van der Waals surface area contributed by atoms with Gasteiger partial charge in [-0.05, 0) is 44.0 Å². The number of carbonyl (C=O) groups excluding carboxylic acids is 1. The molecule has 8 nitrogen and oxygen atoms in total. The first-order valence-electron chi connectivity index (χ1n) is 13.5. The van der Waals surface area contributed by atoms with Gasteiger partial charge in [0, 0.05) is 43.2 Å². The molecule has 0 bridgehead atoms. The van der Waals surface area contributed by atoms with E-state index >= 15 is 0 Å². The number of pyridine rings is 1. The first-order valence-corrected chi connectivity index (χ1v) is 13.5. The van der Waals surface area contributed by atoms with Crippen LogP contribution in [-0.4, -0.2) is 65.0 Å². The van der Waals surface area contributed by atoms with Crippen molar-refractivity contribution in [2.24, 2.45) is 5.73 Å². The Morgan fingerprint density at radius 1 is 1.05 bits per heavy atom. The zero-order chi connectivity index (χ0) is 27.7. The minimum absolute atomic E-state index is 0.0212. The van der Waals surface area contributed by atoms with E-state index in [2.05, 4.69) is 14.9 Å². The van der Waals surface area contributed by atoms with Crippen LogP contribution in [0.15, 0.2) is 28.7 Å². The normalized spacial score (nSPS) is 18.8. The highest BCUT2D eigenvalue weighted by molar-refractivity contribution is 5.98. The van der Waals surface area contributed by atoms with Crippen LogP contribution in [0.4, 0.5) is 13.2 Å². The molecule has 3 heterocycles. The molecule has 0 unspecified atom stereocenters. The van der Waals surface area contributed by atoms with Crippen molar-refractivity contribution >= 4 is 16.8 Å². The molecule has 1 aromatic carbocycles. The van der Waals surface area contributed by atoms with Crippen LogP contribution in [-0.2, 0) is 6.18 Å². The molecule has 39 heavy (non-hydrogen) atoms.